The molecule has 1 heterocycles. The Morgan fingerprint density at radius 3 is 2.85 bits per heavy atom. The summed E-state index contributed by atoms with van der Waals surface area (Å²) in [6.45, 7) is 4.00. The number of rotatable bonds is 3. The van der Waals surface area contributed by atoms with Gasteiger partial charge in [-0.05, 0) is 40.9 Å². The van der Waals surface area contributed by atoms with Crippen LogP contribution in [-0.4, -0.2) is 14.7 Å². The van der Waals surface area contributed by atoms with Gasteiger partial charge in [0.25, 0.3) is 0 Å². The normalized spacial score (nSPS) is 12.8. The molecule has 1 aromatic rings. The lowest BCUT2D eigenvalue weighted by molar-refractivity contribution is -0.390. The minimum atomic E-state index is -0.458. The lowest BCUT2D eigenvalue weighted by Gasteiger charge is -2.02. The van der Waals surface area contributed by atoms with Crippen LogP contribution in [0.5, 0.6) is 0 Å². The van der Waals surface area contributed by atoms with E-state index in [1.165, 1.54) is 0 Å². The van der Waals surface area contributed by atoms with Gasteiger partial charge in [0.15, 0.2) is 0 Å². The molecule has 0 bridgehead atoms. The molecule has 5 nitrogen and oxygen atoms in total. The van der Waals surface area contributed by atoms with Gasteiger partial charge in [0.1, 0.15) is 3.57 Å². The molecule has 0 aliphatic heterocycles. The van der Waals surface area contributed by atoms with E-state index in [9.17, 15) is 10.1 Å². The molecule has 0 radical (unpaired) electrons. The van der Waals surface area contributed by atoms with Gasteiger partial charge < -0.3 is 10.1 Å². The minimum Gasteiger partial charge on any atom is -0.358 e. The van der Waals surface area contributed by atoms with Crippen molar-refractivity contribution in [1.29, 1.82) is 0 Å². The first-order chi connectivity index (χ1) is 6.06. The fraction of sp³-hybridized carbons (Fsp3) is 0.571. The number of aromatic nitrogens is 2. The molecule has 0 saturated carbocycles. The van der Waals surface area contributed by atoms with Crippen LogP contribution in [0.15, 0.2) is 6.20 Å². The Morgan fingerprint density at radius 2 is 2.46 bits per heavy atom. The van der Waals surface area contributed by atoms with Crippen LogP contribution in [-0.2, 0) is 0 Å². The molecule has 0 fully saturated rings. The van der Waals surface area contributed by atoms with Crippen LogP contribution in [0.25, 0.3) is 0 Å². The van der Waals surface area contributed by atoms with E-state index in [0.717, 1.165) is 6.42 Å². The number of halogens is 1. The summed E-state index contributed by atoms with van der Waals surface area (Å²) in [4.78, 5) is 10.0. The maximum Gasteiger partial charge on any atom is 0.403 e. The van der Waals surface area contributed by atoms with Crippen molar-refractivity contribution in [3.05, 3.63) is 19.9 Å². The summed E-state index contributed by atoms with van der Waals surface area (Å²) in [5.74, 6) is -0.0547. The predicted molar refractivity (Wildman–Crippen MR) is 56.6 cm³/mol. The predicted octanol–water partition coefficient (Wildman–Crippen LogP) is 2.37. The molecule has 0 aliphatic carbocycles. The third kappa shape index (κ3) is 2.17. The summed E-state index contributed by atoms with van der Waals surface area (Å²) >= 11 is 1.92. The maximum atomic E-state index is 10.5. The fourth-order valence-electron chi connectivity index (χ4n) is 0.896. The molecule has 0 spiro atoms. The molecule has 6 heteroatoms. The second-order valence-corrected chi connectivity index (χ2v) is 3.96. The molecule has 0 aliphatic rings. The number of nitro groups is 1. The first-order valence-electron chi connectivity index (χ1n) is 3.95. The Kier molecular flexibility index (Phi) is 3.23. The van der Waals surface area contributed by atoms with Crippen LogP contribution in [0.1, 0.15) is 26.3 Å². The molecular formula is C7H10IN3O2. The van der Waals surface area contributed by atoms with E-state index in [1.807, 2.05) is 36.4 Å². The molecule has 72 valence electrons. The summed E-state index contributed by atoms with van der Waals surface area (Å²) in [6.07, 6.45) is 2.61. The number of hydrogen-bond acceptors (Lipinski definition) is 3. The van der Waals surface area contributed by atoms with Gasteiger partial charge in [-0.2, -0.15) is 4.68 Å². The average molecular weight is 295 g/mol. The van der Waals surface area contributed by atoms with Crippen molar-refractivity contribution < 1.29 is 4.92 Å². The Labute approximate surface area is 89.4 Å². The van der Waals surface area contributed by atoms with Gasteiger partial charge in [0, 0.05) is 0 Å². The van der Waals surface area contributed by atoms with Gasteiger partial charge in [0.05, 0.1) is 17.3 Å². The second-order valence-electron chi connectivity index (χ2n) is 2.80. The topological polar surface area (TPSA) is 61.0 Å². The van der Waals surface area contributed by atoms with E-state index in [1.54, 1.807) is 10.9 Å². The van der Waals surface area contributed by atoms with Crippen LogP contribution in [0.4, 0.5) is 5.82 Å². The number of nitrogens with zero attached hydrogens (tertiary/aromatic N) is 3. The zero-order chi connectivity index (χ0) is 10.0. The first kappa shape index (κ1) is 10.4. The van der Waals surface area contributed by atoms with Gasteiger partial charge >= 0.3 is 5.82 Å². The van der Waals surface area contributed by atoms with E-state index >= 15 is 0 Å². The monoisotopic (exact) mass is 295 g/mol. The summed E-state index contributed by atoms with van der Waals surface area (Å²) in [6, 6.07) is 0.210. The number of hydrogen-bond donors (Lipinski definition) is 0. The van der Waals surface area contributed by atoms with Gasteiger partial charge in [-0.1, -0.05) is 6.92 Å². The van der Waals surface area contributed by atoms with Crippen LogP contribution >= 0.6 is 22.6 Å². The standard InChI is InChI=1S/C7H10IN3O2/c1-3-5(2)10-4-6(8)7(9-10)11(12)13/h4-5H,3H2,1-2H3/t5-/m1/s1. The van der Waals surface area contributed by atoms with Gasteiger partial charge in [-0.25, -0.2) is 0 Å². The van der Waals surface area contributed by atoms with E-state index < -0.39 is 4.92 Å². The quantitative estimate of drug-likeness (QED) is 0.488. The molecule has 0 unspecified atom stereocenters. The van der Waals surface area contributed by atoms with Crippen LogP contribution in [0.3, 0.4) is 0 Å². The SMILES string of the molecule is CC[C@@H](C)n1cc(I)c([N+](=O)[O-])n1. The molecule has 0 N–H and O–H groups in total. The molecule has 0 saturated heterocycles. The van der Waals surface area contributed by atoms with Crippen molar-refractivity contribution in [2.24, 2.45) is 0 Å². The zero-order valence-electron chi connectivity index (χ0n) is 7.40. The summed E-state index contributed by atoms with van der Waals surface area (Å²) < 4.78 is 2.22. The van der Waals surface area contributed by atoms with E-state index in [2.05, 4.69) is 5.10 Å². The van der Waals surface area contributed by atoms with E-state index in [4.69, 9.17) is 0 Å². The molecule has 1 atom stereocenters. The Morgan fingerprint density at radius 1 is 1.85 bits per heavy atom. The molecule has 13 heavy (non-hydrogen) atoms. The van der Waals surface area contributed by atoms with Gasteiger partial charge in [-0.15, -0.1) is 0 Å². The summed E-state index contributed by atoms with van der Waals surface area (Å²) in [7, 11) is 0. The lowest BCUT2D eigenvalue weighted by atomic mass is 10.3. The van der Waals surface area contributed by atoms with Crippen molar-refractivity contribution in [3.8, 4) is 0 Å². The third-order valence-corrected chi connectivity index (χ3v) is 2.65. The largest absolute Gasteiger partial charge is 0.403 e. The van der Waals surface area contributed by atoms with Crippen molar-refractivity contribution >= 4 is 28.4 Å². The highest BCUT2D eigenvalue weighted by molar-refractivity contribution is 14.1. The fourth-order valence-corrected chi connectivity index (χ4v) is 1.49. The summed E-state index contributed by atoms with van der Waals surface area (Å²) in [5.41, 5.74) is 0. The van der Waals surface area contributed by atoms with Crippen LogP contribution in [0, 0.1) is 13.7 Å². The minimum absolute atomic E-state index is 0.0547. The molecule has 0 amide bonds. The highest BCUT2D eigenvalue weighted by atomic mass is 127. The van der Waals surface area contributed by atoms with Gasteiger partial charge in [0.2, 0.25) is 0 Å². The van der Waals surface area contributed by atoms with Crippen molar-refractivity contribution in [1.82, 2.24) is 9.78 Å². The Hall–Kier alpha value is -0.660. The van der Waals surface area contributed by atoms with Crippen molar-refractivity contribution in [3.63, 3.8) is 0 Å². The Bertz CT molecular complexity index is 324. The van der Waals surface area contributed by atoms with Gasteiger partial charge in [-0.3, -0.25) is 0 Å². The molecular weight excluding hydrogens is 285 g/mol. The molecule has 0 aromatic carbocycles. The summed E-state index contributed by atoms with van der Waals surface area (Å²) in [5, 5.41) is 14.4. The first-order valence-corrected chi connectivity index (χ1v) is 5.03. The average Bonchev–Trinajstić information content (AvgIpc) is 2.46. The molecule has 1 rings (SSSR count). The Balaban J connectivity index is 3.01. The smallest absolute Gasteiger partial charge is 0.358 e. The molecule has 1 aromatic heterocycles. The maximum absolute atomic E-state index is 10.5. The van der Waals surface area contributed by atoms with Crippen molar-refractivity contribution in [2.45, 2.75) is 26.3 Å². The van der Waals surface area contributed by atoms with Crippen LogP contribution in [0.2, 0.25) is 0 Å². The zero-order valence-corrected chi connectivity index (χ0v) is 9.56. The van der Waals surface area contributed by atoms with E-state index in [0.29, 0.717) is 3.57 Å². The van der Waals surface area contributed by atoms with Crippen molar-refractivity contribution in [2.75, 3.05) is 0 Å². The highest BCUT2D eigenvalue weighted by Gasteiger charge is 2.20. The van der Waals surface area contributed by atoms with Crippen LogP contribution < -0.4 is 0 Å². The lowest BCUT2D eigenvalue weighted by Crippen LogP contribution is -2.04. The second kappa shape index (κ2) is 4.03. The van der Waals surface area contributed by atoms with E-state index in [-0.39, 0.29) is 11.9 Å². The highest BCUT2D eigenvalue weighted by Crippen LogP contribution is 2.20. The third-order valence-electron chi connectivity index (χ3n) is 1.88.